The summed E-state index contributed by atoms with van der Waals surface area (Å²) in [4.78, 5) is 19.0. The molecule has 6 nitrogen and oxygen atoms in total. The Balaban J connectivity index is -0.000000332. The molecule has 0 aliphatic rings. The van der Waals surface area contributed by atoms with Gasteiger partial charge in [0.05, 0.1) is 0 Å². The standard InChI is InChI=1S/C9H11NO2.CH3NO2.2Ar/c1-10-9(11)12-7-8-5-3-2-4-6-8;1-2(3)4;;/h2-6H,7H2,1H3,(H,10,11);1H3;;. The molecule has 0 spiro atoms. The van der Waals surface area contributed by atoms with Crippen LogP contribution in [0, 0.1) is 85.6 Å². The third kappa shape index (κ3) is 16.4. The summed E-state index contributed by atoms with van der Waals surface area (Å²) in [6, 6.07) is 9.54. The second-order valence-corrected chi connectivity index (χ2v) is 2.75. The second kappa shape index (κ2) is 15.5. The summed E-state index contributed by atoms with van der Waals surface area (Å²) < 4.78 is 4.83. The number of nitro groups is 1. The van der Waals surface area contributed by atoms with Gasteiger partial charge in [-0.1, -0.05) is 30.3 Å². The van der Waals surface area contributed by atoms with E-state index in [1.54, 1.807) is 0 Å². The van der Waals surface area contributed by atoms with E-state index in [0.29, 0.717) is 6.61 Å². The molecule has 0 bridgehead atoms. The first-order valence-electron chi connectivity index (χ1n) is 4.52. The molecule has 0 fully saturated rings. The Morgan fingerprint density at radius 3 is 2.17 bits per heavy atom. The van der Waals surface area contributed by atoms with Crippen LogP contribution in [0.3, 0.4) is 0 Å². The molecule has 1 aromatic rings. The first kappa shape index (κ1) is 23.5. The molecular formula is C10H14Ar2N2O4. The normalized spacial score (nSPS) is 7.44. The van der Waals surface area contributed by atoms with Gasteiger partial charge in [-0.3, -0.25) is 10.1 Å². The smallest absolute Gasteiger partial charge is 0.407 e. The fourth-order valence-electron chi connectivity index (χ4n) is 0.795. The van der Waals surface area contributed by atoms with Crippen molar-refractivity contribution in [3.63, 3.8) is 0 Å². The summed E-state index contributed by atoms with van der Waals surface area (Å²) in [5.41, 5.74) is 0.987. The van der Waals surface area contributed by atoms with E-state index in [0.717, 1.165) is 12.6 Å². The molecule has 1 amide bonds. The number of alkyl carbamates (subject to hydrolysis) is 1. The maximum absolute atomic E-state index is 10.7. The summed E-state index contributed by atoms with van der Waals surface area (Å²) in [5, 5.41) is 11.2. The van der Waals surface area contributed by atoms with E-state index in [1.807, 2.05) is 30.3 Å². The van der Waals surface area contributed by atoms with E-state index in [2.05, 4.69) is 5.32 Å². The van der Waals surface area contributed by atoms with Crippen molar-refractivity contribution in [2.45, 2.75) is 6.61 Å². The van der Waals surface area contributed by atoms with Gasteiger partial charge in [-0.2, -0.15) is 0 Å². The number of carbonyl (C=O) groups is 1. The molecule has 1 aromatic carbocycles. The topological polar surface area (TPSA) is 81.5 Å². The van der Waals surface area contributed by atoms with E-state index in [9.17, 15) is 4.79 Å². The Bertz CT molecular complexity index is 332. The fraction of sp³-hybridized carbons (Fsp3) is 0.300. The number of amides is 1. The Morgan fingerprint density at radius 1 is 1.33 bits per heavy atom. The molecular weight excluding hydrogens is 292 g/mol. The number of hydrogen-bond acceptors (Lipinski definition) is 4. The minimum absolute atomic E-state index is 0. The molecule has 0 aliphatic heterocycles. The number of nitrogens with zero attached hydrogens (tertiary/aromatic N) is 1. The molecule has 1 N–H and O–H groups in total. The molecule has 18 heavy (non-hydrogen) atoms. The molecule has 8 heteroatoms. The van der Waals surface area contributed by atoms with Gasteiger partial charge in [0, 0.05) is 87.4 Å². The fourth-order valence-corrected chi connectivity index (χ4v) is 0.795. The average Bonchev–Trinajstić information content (AvgIpc) is 2.26. The van der Waals surface area contributed by atoms with Gasteiger partial charge in [-0.25, -0.2) is 4.79 Å². The molecule has 1 rings (SSSR count). The number of carbonyl (C=O) groups excluding carboxylic acids is 1. The first-order valence-corrected chi connectivity index (χ1v) is 4.52. The molecule has 0 unspecified atom stereocenters. The van der Waals surface area contributed by atoms with Gasteiger partial charge >= 0.3 is 6.09 Å². The average molecular weight is 306 g/mol. The van der Waals surface area contributed by atoms with Gasteiger partial charge in [-0.15, -0.1) is 0 Å². The number of hydrogen-bond donors (Lipinski definition) is 1. The van der Waals surface area contributed by atoms with E-state index >= 15 is 0 Å². The zero-order valence-corrected chi connectivity index (χ0v) is 11.3. The van der Waals surface area contributed by atoms with Gasteiger partial charge in [0.15, 0.2) is 7.05 Å². The van der Waals surface area contributed by atoms with Crippen LogP contribution in [0.15, 0.2) is 30.3 Å². The predicted molar refractivity (Wildman–Crippen MR) is 58.6 cm³/mol. The van der Waals surface area contributed by atoms with Gasteiger partial charge < -0.3 is 10.1 Å². The van der Waals surface area contributed by atoms with Crippen LogP contribution in [0.5, 0.6) is 0 Å². The van der Waals surface area contributed by atoms with Gasteiger partial charge in [-0.05, 0) is 5.56 Å². The van der Waals surface area contributed by atoms with Crippen LogP contribution < -0.4 is 5.32 Å². The van der Waals surface area contributed by atoms with Gasteiger partial charge in [0.25, 0.3) is 0 Å². The number of ether oxygens (including phenoxy) is 1. The van der Waals surface area contributed by atoms with E-state index in [4.69, 9.17) is 14.9 Å². The van der Waals surface area contributed by atoms with Gasteiger partial charge in [0.2, 0.25) is 0 Å². The maximum atomic E-state index is 10.7. The molecule has 0 radical (unpaired) electrons. The Kier molecular flexibility index (Phi) is 20.2. The SMILES string of the molecule is CNC(=O)OCc1ccccc1.C[N+](=O)[O-].[Ar].[Ar]. The van der Waals surface area contributed by atoms with Gasteiger partial charge in [0.1, 0.15) is 6.61 Å². The Labute approximate surface area is 166 Å². The zero-order valence-electron chi connectivity index (χ0n) is 9.88. The third-order valence-corrected chi connectivity index (χ3v) is 1.42. The molecule has 104 valence electrons. The van der Waals surface area contributed by atoms with E-state index < -0.39 is 11.0 Å². The van der Waals surface area contributed by atoms with Crippen molar-refractivity contribution in [2.75, 3.05) is 14.1 Å². The number of benzene rings is 1. The Hall–Kier alpha value is 0.409. The monoisotopic (exact) mass is 306 g/mol. The third-order valence-electron chi connectivity index (χ3n) is 1.42. The summed E-state index contributed by atoms with van der Waals surface area (Å²) in [7, 11) is 2.42. The summed E-state index contributed by atoms with van der Waals surface area (Å²) >= 11 is 0. The Morgan fingerprint density at radius 2 is 1.78 bits per heavy atom. The van der Waals surface area contributed by atoms with Crippen LogP contribution >= 0.6 is 0 Å². The van der Waals surface area contributed by atoms with E-state index in [-0.39, 0.29) is 75.5 Å². The predicted octanol–water partition coefficient (Wildman–Crippen LogP) is 1.44. The second-order valence-electron chi connectivity index (χ2n) is 2.75. The summed E-state index contributed by atoms with van der Waals surface area (Å²) in [6.07, 6.45) is -0.404. The van der Waals surface area contributed by atoms with Crippen LogP contribution in [-0.2, 0) is 11.3 Å². The summed E-state index contributed by atoms with van der Waals surface area (Å²) in [6.45, 7) is 0.320. The van der Waals surface area contributed by atoms with Crippen LogP contribution in [0.1, 0.15) is 5.56 Å². The molecule has 0 aromatic heterocycles. The van der Waals surface area contributed by atoms with Crippen molar-refractivity contribution in [2.24, 2.45) is 0 Å². The van der Waals surface area contributed by atoms with Crippen LogP contribution in [0.4, 0.5) is 4.79 Å². The van der Waals surface area contributed by atoms with Crippen LogP contribution in [-0.4, -0.2) is 25.1 Å². The minimum Gasteiger partial charge on any atom is -0.445 e. The first-order chi connectivity index (χ1) is 7.56. The molecule has 0 saturated carbocycles. The molecule has 0 aliphatic carbocycles. The maximum Gasteiger partial charge on any atom is 0.407 e. The largest absolute Gasteiger partial charge is 0.445 e. The van der Waals surface area contributed by atoms with Crippen molar-refractivity contribution in [3.8, 4) is 0 Å². The number of nitrogens with one attached hydrogen (secondary N) is 1. The number of rotatable bonds is 2. The minimum atomic E-state index is -0.500. The zero-order chi connectivity index (χ0) is 12.4. The molecule has 0 heterocycles. The quantitative estimate of drug-likeness (QED) is 0.662. The summed E-state index contributed by atoms with van der Waals surface area (Å²) in [5.74, 6) is 0. The van der Waals surface area contributed by atoms with Crippen molar-refractivity contribution < 1.29 is 89.9 Å². The van der Waals surface area contributed by atoms with Crippen molar-refractivity contribution >= 4 is 6.09 Å². The van der Waals surface area contributed by atoms with Crippen LogP contribution in [0.25, 0.3) is 0 Å². The van der Waals surface area contributed by atoms with E-state index in [1.165, 1.54) is 7.05 Å². The van der Waals surface area contributed by atoms with Crippen LogP contribution in [0.2, 0.25) is 0 Å². The molecule has 0 saturated heterocycles. The molecule has 0 atom stereocenters. The van der Waals surface area contributed by atoms with Crippen molar-refractivity contribution in [1.29, 1.82) is 0 Å². The van der Waals surface area contributed by atoms with Crippen molar-refractivity contribution in [3.05, 3.63) is 46.0 Å². The van der Waals surface area contributed by atoms with Crippen molar-refractivity contribution in [1.82, 2.24) is 5.32 Å².